The molecule has 1 aromatic heterocycles. The first-order chi connectivity index (χ1) is 14.1. The van der Waals surface area contributed by atoms with Gasteiger partial charge < -0.3 is 4.90 Å². The molecule has 1 amide bonds. The molecule has 152 valence electrons. The molecule has 3 aromatic rings. The molecule has 0 fully saturated rings. The number of amides is 1. The summed E-state index contributed by atoms with van der Waals surface area (Å²) in [6.07, 6.45) is 1.82. The highest BCUT2D eigenvalue weighted by molar-refractivity contribution is 7.99. The van der Waals surface area contributed by atoms with E-state index in [0.29, 0.717) is 12.3 Å². The molecule has 0 bridgehead atoms. The fraction of sp³-hybridized carbons (Fsp3) is 0.348. The number of likely N-dealkylation sites (N-methyl/N-ethyl adjacent to an activating group) is 1. The van der Waals surface area contributed by atoms with Crippen LogP contribution < -0.4 is 0 Å². The highest BCUT2D eigenvalue weighted by Crippen LogP contribution is 2.29. The summed E-state index contributed by atoms with van der Waals surface area (Å²) in [4.78, 5) is 14.4. The summed E-state index contributed by atoms with van der Waals surface area (Å²) in [7, 11) is 1.86. The predicted octanol–water partition coefficient (Wildman–Crippen LogP) is 4.71. The zero-order valence-electron chi connectivity index (χ0n) is 17.3. The van der Waals surface area contributed by atoms with Crippen LogP contribution in [0.3, 0.4) is 0 Å². The maximum absolute atomic E-state index is 12.6. The Kier molecular flexibility index (Phi) is 7.47. The van der Waals surface area contributed by atoms with Gasteiger partial charge >= 0.3 is 0 Å². The van der Waals surface area contributed by atoms with E-state index in [1.165, 1.54) is 17.3 Å². The molecule has 0 radical (unpaired) electrons. The summed E-state index contributed by atoms with van der Waals surface area (Å²) >= 11 is 1.46. The fourth-order valence-electron chi connectivity index (χ4n) is 3.04. The second-order valence-electron chi connectivity index (χ2n) is 7.14. The van der Waals surface area contributed by atoms with Crippen molar-refractivity contribution in [2.75, 3.05) is 19.3 Å². The second-order valence-corrected chi connectivity index (χ2v) is 8.08. The number of hydrogen-bond acceptors (Lipinski definition) is 4. The molecule has 6 heteroatoms. The average molecular weight is 409 g/mol. The molecule has 1 unspecified atom stereocenters. The molecule has 0 aliphatic rings. The molecular weight excluding hydrogens is 380 g/mol. The number of carbonyl (C=O) groups is 1. The van der Waals surface area contributed by atoms with E-state index in [9.17, 15) is 4.79 Å². The summed E-state index contributed by atoms with van der Waals surface area (Å²) in [6, 6.07) is 20.6. The van der Waals surface area contributed by atoms with Gasteiger partial charge in [0.05, 0.1) is 5.75 Å². The maximum Gasteiger partial charge on any atom is 0.232 e. The number of thioether (sulfide) groups is 1. The third-order valence-corrected chi connectivity index (χ3v) is 5.99. The van der Waals surface area contributed by atoms with Gasteiger partial charge in [0.25, 0.3) is 0 Å². The van der Waals surface area contributed by atoms with Gasteiger partial charge in [-0.25, -0.2) is 0 Å². The number of aromatic nitrogens is 3. The highest BCUT2D eigenvalue weighted by Gasteiger charge is 2.19. The number of benzene rings is 2. The molecule has 0 saturated carbocycles. The van der Waals surface area contributed by atoms with E-state index in [0.717, 1.165) is 29.4 Å². The van der Waals surface area contributed by atoms with Crippen LogP contribution in [0.4, 0.5) is 0 Å². The Hall–Kier alpha value is -2.60. The molecule has 0 spiro atoms. The van der Waals surface area contributed by atoms with Crippen LogP contribution in [0.25, 0.3) is 11.4 Å². The molecule has 0 aliphatic carbocycles. The molecule has 1 atom stereocenters. The van der Waals surface area contributed by atoms with Gasteiger partial charge in [-0.2, -0.15) is 0 Å². The third-order valence-electron chi connectivity index (χ3n) is 5.06. The van der Waals surface area contributed by atoms with Crippen molar-refractivity contribution in [2.45, 2.75) is 37.9 Å². The van der Waals surface area contributed by atoms with Crippen molar-refractivity contribution in [1.29, 1.82) is 0 Å². The Morgan fingerprint density at radius 1 is 1.07 bits per heavy atom. The first kappa shape index (κ1) is 21.1. The first-order valence-electron chi connectivity index (χ1n) is 10.0. The molecule has 0 N–H and O–H groups in total. The van der Waals surface area contributed by atoms with Gasteiger partial charge in [0.15, 0.2) is 11.0 Å². The molecule has 2 aromatic carbocycles. The lowest BCUT2D eigenvalue weighted by Crippen LogP contribution is -2.30. The van der Waals surface area contributed by atoms with Crippen LogP contribution in [-0.2, 0) is 11.2 Å². The van der Waals surface area contributed by atoms with Crippen molar-refractivity contribution in [3.63, 3.8) is 0 Å². The molecule has 3 rings (SSSR count). The summed E-state index contributed by atoms with van der Waals surface area (Å²) < 4.78 is 2.15. The van der Waals surface area contributed by atoms with Crippen LogP contribution in [0.15, 0.2) is 65.8 Å². The van der Waals surface area contributed by atoms with Gasteiger partial charge in [0, 0.05) is 25.2 Å². The van der Waals surface area contributed by atoms with Crippen molar-refractivity contribution in [2.24, 2.45) is 0 Å². The zero-order valence-corrected chi connectivity index (χ0v) is 18.1. The van der Waals surface area contributed by atoms with Crippen LogP contribution in [0.1, 0.15) is 31.9 Å². The van der Waals surface area contributed by atoms with E-state index in [-0.39, 0.29) is 11.9 Å². The van der Waals surface area contributed by atoms with Crippen molar-refractivity contribution >= 4 is 17.7 Å². The third kappa shape index (κ3) is 5.48. The number of carbonyl (C=O) groups excluding carboxylic acids is 1. The van der Waals surface area contributed by atoms with Crippen molar-refractivity contribution in [3.8, 4) is 11.4 Å². The first-order valence-corrected chi connectivity index (χ1v) is 11.0. The lowest BCUT2D eigenvalue weighted by atomic mass is 10.1. The minimum atomic E-state index is 0.103. The summed E-state index contributed by atoms with van der Waals surface area (Å²) in [5.74, 6) is 1.31. The number of rotatable bonds is 9. The Balaban J connectivity index is 1.65. The van der Waals surface area contributed by atoms with E-state index in [4.69, 9.17) is 0 Å². The molecule has 1 heterocycles. The minimum absolute atomic E-state index is 0.103. The minimum Gasteiger partial charge on any atom is -0.345 e. The normalized spacial score (nSPS) is 12.0. The monoisotopic (exact) mass is 408 g/mol. The Bertz CT molecular complexity index is 911. The van der Waals surface area contributed by atoms with Crippen molar-refractivity contribution in [1.82, 2.24) is 19.7 Å². The molecule has 0 aliphatic heterocycles. The van der Waals surface area contributed by atoms with Crippen LogP contribution in [0.2, 0.25) is 0 Å². The van der Waals surface area contributed by atoms with Crippen LogP contribution in [-0.4, -0.2) is 44.9 Å². The average Bonchev–Trinajstić information content (AvgIpc) is 3.20. The molecule has 5 nitrogen and oxygen atoms in total. The van der Waals surface area contributed by atoms with Crippen LogP contribution in [0.5, 0.6) is 0 Å². The topological polar surface area (TPSA) is 51.0 Å². The summed E-state index contributed by atoms with van der Waals surface area (Å²) in [5.41, 5.74) is 2.28. The van der Waals surface area contributed by atoms with Crippen molar-refractivity contribution < 1.29 is 4.79 Å². The van der Waals surface area contributed by atoms with E-state index in [1.807, 2.05) is 55.6 Å². The SMILES string of the molecule is CCC(C)n1c(SCC(=O)N(C)CCc2ccccc2)nnc1-c1ccccc1. The lowest BCUT2D eigenvalue weighted by Gasteiger charge is -2.18. The second kappa shape index (κ2) is 10.3. The van der Waals surface area contributed by atoms with Crippen molar-refractivity contribution in [3.05, 3.63) is 66.2 Å². The molecule has 0 saturated heterocycles. The van der Waals surface area contributed by atoms with E-state index in [1.54, 1.807) is 4.90 Å². The largest absolute Gasteiger partial charge is 0.345 e. The Morgan fingerprint density at radius 3 is 2.38 bits per heavy atom. The fourth-order valence-corrected chi connectivity index (χ4v) is 4.02. The van der Waals surface area contributed by atoms with Gasteiger partial charge in [0.1, 0.15) is 0 Å². The Morgan fingerprint density at radius 2 is 1.72 bits per heavy atom. The zero-order chi connectivity index (χ0) is 20.6. The Labute approximate surface area is 177 Å². The quantitative estimate of drug-likeness (QED) is 0.481. The standard InChI is InChI=1S/C23H28N4OS/c1-4-18(2)27-22(20-13-9-6-10-14-20)24-25-23(27)29-17-21(28)26(3)16-15-19-11-7-5-8-12-19/h5-14,18H,4,15-17H2,1-3H3. The summed E-state index contributed by atoms with van der Waals surface area (Å²) in [5, 5.41) is 9.61. The van der Waals surface area contributed by atoms with Gasteiger partial charge in [-0.05, 0) is 25.3 Å². The van der Waals surface area contributed by atoms with Gasteiger partial charge in [0.2, 0.25) is 5.91 Å². The molecule has 29 heavy (non-hydrogen) atoms. The molecular formula is C23H28N4OS. The number of nitrogens with zero attached hydrogens (tertiary/aromatic N) is 4. The number of hydrogen-bond donors (Lipinski definition) is 0. The van der Waals surface area contributed by atoms with Crippen LogP contribution in [0, 0.1) is 0 Å². The van der Waals surface area contributed by atoms with E-state index >= 15 is 0 Å². The van der Waals surface area contributed by atoms with Gasteiger partial charge in [-0.15, -0.1) is 10.2 Å². The highest BCUT2D eigenvalue weighted by atomic mass is 32.2. The van der Waals surface area contributed by atoms with Gasteiger partial charge in [-0.3, -0.25) is 9.36 Å². The smallest absolute Gasteiger partial charge is 0.232 e. The maximum atomic E-state index is 12.6. The van der Waals surface area contributed by atoms with Crippen LogP contribution >= 0.6 is 11.8 Å². The van der Waals surface area contributed by atoms with Gasteiger partial charge in [-0.1, -0.05) is 79.3 Å². The van der Waals surface area contributed by atoms with E-state index < -0.39 is 0 Å². The lowest BCUT2D eigenvalue weighted by molar-refractivity contribution is -0.127. The predicted molar refractivity (Wildman–Crippen MR) is 119 cm³/mol. The van der Waals surface area contributed by atoms with E-state index in [2.05, 4.69) is 40.7 Å². The summed E-state index contributed by atoms with van der Waals surface area (Å²) in [6.45, 7) is 5.01.